The molecular weight excluding hydrogens is 274 g/mol. The van der Waals surface area contributed by atoms with Crippen molar-refractivity contribution < 1.29 is 19.2 Å². The first-order chi connectivity index (χ1) is 10.1. The Labute approximate surface area is 120 Å². The van der Waals surface area contributed by atoms with Crippen molar-refractivity contribution >= 4 is 12.0 Å². The lowest BCUT2D eigenvalue weighted by Crippen LogP contribution is -2.46. The Kier molecular flexibility index (Phi) is 4.92. The monoisotopic (exact) mass is 289 g/mol. The van der Waals surface area contributed by atoms with Crippen molar-refractivity contribution in [3.63, 3.8) is 0 Å². The van der Waals surface area contributed by atoms with E-state index in [1.165, 1.54) is 6.20 Å². The number of carbonyl (C=O) groups excluding carboxylic acids is 1. The van der Waals surface area contributed by atoms with Crippen LogP contribution in [0.1, 0.15) is 11.3 Å². The van der Waals surface area contributed by atoms with Crippen molar-refractivity contribution in [2.75, 3.05) is 0 Å². The van der Waals surface area contributed by atoms with Crippen LogP contribution in [0.2, 0.25) is 0 Å². The Morgan fingerprint density at radius 3 is 2.62 bits per heavy atom. The van der Waals surface area contributed by atoms with Crippen LogP contribution in [-0.2, 0) is 17.8 Å². The Morgan fingerprint density at radius 2 is 2.00 bits per heavy atom. The summed E-state index contributed by atoms with van der Waals surface area (Å²) in [5, 5.41) is 17.6. The van der Waals surface area contributed by atoms with E-state index in [1.54, 1.807) is 6.07 Å². The molecular formula is C14H15N3O4. The number of urea groups is 1. The molecule has 0 aliphatic heterocycles. The predicted octanol–water partition coefficient (Wildman–Crippen LogP) is 1.17. The topological polar surface area (TPSA) is 104 Å². The molecule has 7 nitrogen and oxygen atoms in total. The largest absolute Gasteiger partial charge is 0.480 e. The van der Waals surface area contributed by atoms with Gasteiger partial charge in [-0.2, -0.15) is 0 Å². The van der Waals surface area contributed by atoms with Gasteiger partial charge >= 0.3 is 12.0 Å². The summed E-state index contributed by atoms with van der Waals surface area (Å²) in [6, 6.07) is 9.14. The minimum Gasteiger partial charge on any atom is -0.480 e. The van der Waals surface area contributed by atoms with Crippen molar-refractivity contribution in [3.05, 3.63) is 53.9 Å². The molecule has 0 saturated carbocycles. The summed E-state index contributed by atoms with van der Waals surface area (Å²) < 4.78 is 4.82. The molecule has 0 bridgehead atoms. The van der Waals surface area contributed by atoms with Crippen LogP contribution in [0.3, 0.4) is 0 Å². The Bertz CT molecular complexity index is 584. The minimum atomic E-state index is -1.09. The number of nitrogens with one attached hydrogen (secondary N) is 2. The molecule has 0 radical (unpaired) electrons. The summed E-state index contributed by atoms with van der Waals surface area (Å²) in [5.41, 5.74) is 0.834. The number of aliphatic carboxylic acids is 1. The van der Waals surface area contributed by atoms with Crippen LogP contribution in [0.25, 0.3) is 0 Å². The van der Waals surface area contributed by atoms with E-state index >= 15 is 0 Å². The first kappa shape index (κ1) is 14.6. The smallest absolute Gasteiger partial charge is 0.326 e. The van der Waals surface area contributed by atoms with Gasteiger partial charge in [0.2, 0.25) is 0 Å². The predicted molar refractivity (Wildman–Crippen MR) is 73.4 cm³/mol. The zero-order valence-electron chi connectivity index (χ0n) is 11.2. The third-order valence-corrected chi connectivity index (χ3v) is 2.80. The molecule has 2 amide bonds. The van der Waals surface area contributed by atoms with Crippen LogP contribution >= 0.6 is 0 Å². The molecule has 1 unspecified atom stereocenters. The average Bonchev–Trinajstić information content (AvgIpc) is 2.99. The number of amides is 2. The quantitative estimate of drug-likeness (QED) is 0.740. The van der Waals surface area contributed by atoms with Crippen molar-refractivity contribution in [2.24, 2.45) is 0 Å². The fraction of sp³-hybridized carbons (Fsp3) is 0.214. The fourth-order valence-electron chi connectivity index (χ4n) is 1.76. The van der Waals surface area contributed by atoms with Crippen LogP contribution < -0.4 is 10.6 Å². The number of carboxylic acids is 1. The molecule has 3 N–H and O–H groups in total. The van der Waals surface area contributed by atoms with E-state index in [0.29, 0.717) is 5.76 Å². The summed E-state index contributed by atoms with van der Waals surface area (Å²) in [6.07, 6.45) is 1.68. The lowest BCUT2D eigenvalue weighted by Gasteiger charge is -2.14. The number of hydrogen-bond acceptors (Lipinski definition) is 4. The summed E-state index contributed by atoms with van der Waals surface area (Å²) >= 11 is 0. The SMILES string of the molecule is O=C(NCc1ccno1)NC(Cc1ccccc1)C(=O)O. The Morgan fingerprint density at radius 1 is 1.24 bits per heavy atom. The highest BCUT2D eigenvalue weighted by molar-refractivity contribution is 5.82. The zero-order valence-corrected chi connectivity index (χ0v) is 11.2. The highest BCUT2D eigenvalue weighted by Gasteiger charge is 2.20. The molecule has 7 heteroatoms. The van der Waals surface area contributed by atoms with Crippen molar-refractivity contribution in [3.8, 4) is 0 Å². The first-order valence-electron chi connectivity index (χ1n) is 6.36. The third-order valence-electron chi connectivity index (χ3n) is 2.80. The van der Waals surface area contributed by atoms with Gasteiger partial charge in [-0.15, -0.1) is 0 Å². The molecule has 0 aliphatic rings. The molecule has 0 saturated heterocycles. The second-order valence-corrected chi connectivity index (χ2v) is 4.39. The molecule has 1 aromatic carbocycles. The molecule has 0 fully saturated rings. The molecule has 1 atom stereocenters. The third kappa shape index (κ3) is 4.64. The Hall–Kier alpha value is -2.83. The summed E-state index contributed by atoms with van der Waals surface area (Å²) in [7, 11) is 0. The van der Waals surface area contributed by atoms with Crippen molar-refractivity contribution in [1.82, 2.24) is 15.8 Å². The zero-order chi connectivity index (χ0) is 15.1. The number of carboxylic acid groups (broad SMARTS) is 1. The van der Waals surface area contributed by atoms with Crippen LogP contribution in [0, 0.1) is 0 Å². The van der Waals surface area contributed by atoms with E-state index in [9.17, 15) is 9.59 Å². The van der Waals surface area contributed by atoms with Gasteiger partial charge in [-0.3, -0.25) is 0 Å². The maximum atomic E-state index is 11.7. The second kappa shape index (κ2) is 7.09. The van der Waals surface area contributed by atoms with Crippen LogP contribution in [-0.4, -0.2) is 28.3 Å². The van der Waals surface area contributed by atoms with Gasteiger partial charge in [0.25, 0.3) is 0 Å². The lowest BCUT2D eigenvalue weighted by molar-refractivity contribution is -0.139. The highest BCUT2D eigenvalue weighted by Crippen LogP contribution is 2.03. The minimum absolute atomic E-state index is 0.142. The summed E-state index contributed by atoms with van der Waals surface area (Å²) in [6.45, 7) is 0.142. The first-order valence-corrected chi connectivity index (χ1v) is 6.36. The molecule has 1 aromatic heterocycles. The van der Waals surface area contributed by atoms with Gasteiger partial charge in [0.15, 0.2) is 5.76 Å². The number of aromatic nitrogens is 1. The molecule has 1 heterocycles. The van der Waals surface area contributed by atoms with Gasteiger partial charge < -0.3 is 20.3 Å². The molecule has 2 aromatic rings. The maximum absolute atomic E-state index is 11.7. The second-order valence-electron chi connectivity index (χ2n) is 4.39. The number of rotatable bonds is 6. The van der Waals surface area contributed by atoms with E-state index in [2.05, 4.69) is 15.8 Å². The number of carbonyl (C=O) groups is 2. The van der Waals surface area contributed by atoms with Gasteiger partial charge in [-0.05, 0) is 5.56 Å². The number of benzene rings is 1. The van der Waals surface area contributed by atoms with E-state index in [1.807, 2.05) is 30.3 Å². The molecule has 21 heavy (non-hydrogen) atoms. The standard InChI is InChI=1S/C14H15N3O4/c18-13(19)12(8-10-4-2-1-3-5-10)17-14(20)15-9-11-6-7-16-21-11/h1-7,12H,8-9H2,(H,18,19)(H2,15,17,20). The van der Waals surface area contributed by atoms with Crippen molar-refractivity contribution in [1.29, 1.82) is 0 Å². The maximum Gasteiger partial charge on any atom is 0.326 e. The Balaban J connectivity index is 1.87. The highest BCUT2D eigenvalue weighted by atomic mass is 16.5. The molecule has 0 spiro atoms. The summed E-state index contributed by atoms with van der Waals surface area (Å²) in [5.74, 6) is -0.603. The van der Waals surface area contributed by atoms with E-state index in [-0.39, 0.29) is 13.0 Å². The van der Waals surface area contributed by atoms with E-state index in [4.69, 9.17) is 9.63 Å². The van der Waals surface area contributed by atoms with Gasteiger partial charge in [0, 0.05) is 12.5 Å². The van der Waals surface area contributed by atoms with Crippen LogP contribution in [0.4, 0.5) is 4.79 Å². The van der Waals surface area contributed by atoms with Gasteiger partial charge in [-0.25, -0.2) is 9.59 Å². The number of hydrogen-bond donors (Lipinski definition) is 3. The van der Waals surface area contributed by atoms with Gasteiger partial charge in [-0.1, -0.05) is 35.5 Å². The van der Waals surface area contributed by atoms with Crippen LogP contribution in [0.5, 0.6) is 0 Å². The normalized spacial score (nSPS) is 11.6. The van der Waals surface area contributed by atoms with Crippen LogP contribution in [0.15, 0.2) is 47.1 Å². The van der Waals surface area contributed by atoms with Crippen molar-refractivity contribution in [2.45, 2.75) is 19.0 Å². The molecule has 110 valence electrons. The van der Waals surface area contributed by atoms with Gasteiger partial charge in [0.1, 0.15) is 6.04 Å². The average molecular weight is 289 g/mol. The molecule has 0 aliphatic carbocycles. The lowest BCUT2D eigenvalue weighted by atomic mass is 10.1. The fourth-order valence-corrected chi connectivity index (χ4v) is 1.76. The molecule has 2 rings (SSSR count). The number of nitrogens with zero attached hydrogens (tertiary/aromatic N) is 1. The van der Waals surface area contributed by atoms with Gasteiger partial charge in [0.05, 0.1) is 12.7 Å². The summed E-state index contributed by atoms with van der Waals surface area (Å²) in [4.78, 5) is 22.9. The van der Waals surface area contributed by atoms with E-state index in [0.717, 1.165) is 5.56 Å². The van der Waals surface area contributed by atoms with E-state index < -0.39 is 18.0 Å².